The summed E-state index contributed by atoms with van der Waals surface area (Å²) in [5, 5.41) is 0. The standard InChI is InChI=1S/C11H14BrNO2S/c12-10-3-1-9(2-4-10)7-11(13)5-6-16(14,15)8-11/h1-4H,5-8,13H2. The Kier molecular flexibility index (Phi) is 3.11. The molecule has 2 N–H and O–H groups in total. The molecule has 1 atom stereocenters. The van der Waals surface area contributed by atoms with E-state index >= 15 is 0 Å². The van der Waals surface area contributed by atoms with Gasteiger partial charge in [0.05, 0.1) is 11.5 Å². The van der Waals surface area contributed by atoms with Crippen molar-refractivity contribution in [1.82, 2.24) is 0 Å². The van der Waals surface area contributed by atoms with Crippen molar-refractivity contribution in [2.24, 2.45) is 5.73 Å². The van der Waals surface area contributed by atoms with Crippen LogP contribution in [0.3, 0.4) is 0 Å². The van der Waals surface area contributed by atoms with Crippen LogP contribution in [0.15, 0.2) is 28.7 Å². The molecular formula is C11H14BrNO2S. The molecule has 1 fully saturated rings. The molecule has 2 rings (SSSR count). The first-order chi connectivity index (χ1) is 7.39. The van der Waals surface area contributed by atoms with Crippen molar-refractivity contribution in [3.63, 3.8) is 0 Å². The summed E-state index contributed by atoms with van der Waals surface area (Å²) >= 11 is 3.36. The second-order valence-electron chi connectivity index (χ2n) is 4.51. The van der Waals surface area contributed by atoms with Crippen molar-refractivity contribution in [2.45, 2.75) is 18.4 Å². The fraction of sp³-hybridized carbons (Fsp3) is 0.455. The Hall–Kier alpha value is -0.390. The largest absolute Gasteiger partial charge is 0.324 e. The van der Waals surface area contributed by atoms with E-state index in [4.69, 9.17) is 5.73 Å². The minimum Gasteiger partial charge on any atom is -0.324 e. The highest BCUT2D eigenvalue weighted by atomic mass is 79.9. The fourth-order valence-electron chi connectivity index (χ4n) is 2.09. The number of sulfone groups is 1. The first kappa shape index (κ1) is 12.1. The molecule has 0 aromatic heterocycles. The summed E-state index contributed by atoms with van der Waals surface area (Å²) in [4.78, 5) is 0. The van der Waals surface area contributed by atoms with Crippen molar-refractivity contribution in [1.29, 1.82) is 0 Å². The molecule has 1 unspecified atom stereocenters. The third-order valence-electron chi connectivity index (χ3n) is 2.89. The lowest BCUT2D eigenvalue weighted by molar-refractivity contribution is 0.476. The van der Waals surface area contributed by atoms with Crippen molar-refractivity contribution < 1.29 is 8.42 Å². The molecule has 1 aromatic rings. The Bertz CT molecular complexity index is 483. The van der Waals surface area contributed by atoms with E-state index in [0.717, 1.165) is 10.0 Å². The average Bonchev–Trinajstić information content (AvgIpc) is 2.45. The number of hydrogen-bond donors (Lipinski definition) is 1. The van der Waals surface area contributed by atoms with Gasteiger partial charge in [-0.1, -0.05) is 28.1 Å². The molecule has 0 spiro atoms. The third-order valence-corrected chi connectivity index (χ3v) is 5.26. The zero-order valence-corrected chi connectivity index (χ0v) is 11.2. The van der Waals surface area contributed by atoms with Gasteiger partial charge in [0.1, 0.15) is 0 Å². The van der Waals surface area contributed by atoms with Gasteiger partial charge in [0, 0.05) is 10.0 Å². The predicted octanol–water partition coefficient (Wildman–Crippen LogP) is 1.51. The van der Waals surface area contributed by atoms with Gasteiger partial charge in [-0.15, -0.1) is 0 Å². The molecule has 16 heavy (non-hydrogen) atoms. The molecular weight excluding hydrogens is 290 g/mol. The van der Waals surface area contributed by atoms with Crippen LogP contribution >= 0.6 is 15.9 Å². The highest BCUT2D eigenvalue weighted by molar-refractivity contribution is 9.10. The quantitative estimate of drug-likeness (QED) is 0.901. The average molecular weight is 304 g/mol. The zero-order valence-electron chi connectivity index (χ0n) is 8.82. The molecule has 1 heterocycles. The smallest absolute Gasteiger partial charge is 0.152 e. The normalized spacial score (nSPS) is 28.1. The minimum absolute atomic E-state index is 0.107. The Balaban J connectivity index is 2.13. The summed E-state index contributed by atoms with van der Waals surface area (Å²) in [6.07, 6.45) is 1.19. The van der Waals surface area contributed by atoms with Gasteiger partial charge in [-0.25, -0.2) is 8.42 Å². The lowest BCUT2D eigenvalue weighted by Crippen LogP contribution is -2.43. The van der Waals surface area contributed by atoms with Gasteiger partial charge in [-0.05, 0) is 30.5 Å². The maximum atomic E-state index is 11.4. The summed E-state index contributed by atoms with van der Waals surface area (Å²) in [6.45, 7) is 0. The van der Waals surface area contributed by atoms with E-state index in [2.05, 4.69) is 15.9 Å². The van der Waals surface area contributed by atoms with Gasteiger partial charge in [0.25, 0.3) is 0 Å². The summed E-state index contributed by atoms with van der Waals surface area (Å²) in [6, 6.07) is 7.84. The molecule has 0 saturated carbocycles. The first-order valence-electron chi connectivity index (χ1n) is 5.12. The maximum absolute atomic E-state index is 11.4. The van der Waals surface area contributed by atoms with Crippen LogP contribution in [0, 0.1) is 0 Å². The maximum Gasteiger partial charge on any atom is 0.152 e. The van der Waals surface area contributed by atoms with Crippen molar-refractivity contribution in [3.8, 4) is 0 Å². The number of benzene rings is 1. The predicted molar refractivity (Wildman–Crippen MR) is 68.0 cm³/mol. The topological polar surface area (TPSA) is 60.2 Å². The van der Waals surface area contributed by atoms with E-state index in [1.165, 1.54) is 0 Å². The number of halogens is 1. The van der Waals surface area contributed by atoms with E-state index < -0.39 is 15.4 Å². The van der Waals surface area contributed by atoms with E-state index in [0.29, 0.717) is 12.8 Å². The van der Waals surface area contributed by atoms with Crippen LogP contribution in [0.2, 0.25) is 0 Å². The monoisotopic (exact) mass is 303 g/mol. The minimum atomic E-state index is -2.92. The summed E-state index contributed by atoms with van der Waals surface area (Å²) in [5.41, 5.74) is 6.62. The van der Waals surface area contributed by atoms with Crippen LogP contribution in [0.25, 0.3) is 0 Å². The van der Waals surface area contributed by atoms with Gasteiger partial charge in [0.2, 0.25) is 0 Å². The van der Waals surface area contributed by atoms with Crippen LogP contribution in [-0.2, 0) is 16.3 Å². The fourth-order valence-corrected chi connectivity index (χ4v) is 4.34. The molecule has 0 aliphatic carbocycles. The van der Waals surface area contributed by atoms with E-state index in [1.807, 2.05) is 24.3 Å². The summed E-state index contributed by atoms with van der Waals surface area (Å²) in [7, 11) is -2.92. The van der Waals surface area contributed by atoms with Crippen molar-refractivity contribution >= 4 is 25.8 Å². The van der Waals surface area contributed by atoms with Crippen LogP contribution < -0.4 is 5.73 Å². The van der Waals surface area contributed by atoms with Gasteiger partial charge in [-0.3, -0.25) is 0 Å². The molecule has 1 saturated heterocycles. The molecule has 1 aliphatic heterocycles. The lowest BCUT2D eigenvalue weighted by atomic mass is 9.91. The Morgan fingerprint density at radius 3 is 2.44 bits per heavy atom. The first-order valence-corrected chi connectivity index (χ1v) is 7.74. The van der Waals surface area contributed by atoms with E-state index in [1.54, 1.807) is 0 Å². The van der Waals surface area contributed by atoms with Crippen LogP contribution in [0.4, 0.5) is 0 Å². The van der Waals surface area contributed by atoms with E-state index in [-0.39, 0.29) is 11.5 Å². The Morgan fingerprint density at radius 2 is 1.94 bits per heavy atom. The molecule has 1 aliphatic rings. The highest BCUT2D eigenvalue weighted by Gasteiger charge is 2.38. The summed E-state index contributed by atoms with van der Waals surface area (Å²) in [5.74, 6) is 0.329. The second-order valence-corrected chi connectivity index (χ2v) is 7.61. The molecule has 0 radical (unpaired) electrons. The van der Waals surface area contributed by atoms with Gasteiger partial charge in [0.15, 0.2) is 9.84 Å². The second kappa shape index (κ2) is 4.13. The number of nitrogens with two attached hydrogens (primary N) is 1. The summed E-state index contributed by atoms with van der Waals surface area (Å²) < 4.78 is 23.8. The SMILES string of the molecule is NC1(Cc2ccc(Br)cc2)CCS(=O)(=O)C1. The van der Waals surface area contributed by atoms with Gasteiger partial charge in [-0.2, -0.15) is 0 Å². The molecule has 0 bridgehead atoms. The van der Waals surface area contributed by atoms with Gasteiger partial charge >= 0.3 is 0 Å². The van der Waals surface area contributed by atoms with Crippen LogP contribution in [0.5, 0.6) is 0 Å². The zero-order chi connectivity index (χ0) is 11.8. The lowest BCUT2D eigenvalue weighted by Gasteiger charge is -2.21. The molecule has 3 nitrogen and oxygen atoms in total. The Labute approximate surface area is 104 Å². The number of rotatable bonds is 2. The highest BCUT2D eigenvalue weighted by Crippen LogP contribution is 2.25. The molecule has 88 valence electrons. The molecule has 5 heteroatoms. The third kappa shape index (κ3) is 2.84. The molecule has 0 amide bonds. The molecule has 1 aromatic carbocycles. The number of hydrogen-bond acceptors (Lipinski definition) is 3. The van der Waals surface area contributed by atoms with Crippen LogP contribution in [-0.4, -0.2) is 25.5 Å². The van der Waals surface area contributed by atoms with Gasteiger partial charge < -0.3 is 5.73 Å². The van der Waals surface area contributed by atoms with E-state index in [9.17, 15) is 8.42 Å². The van der Waals surface area contributed by atoms with Crippen LogP contribution in [0.1, 0.15) is 12.0 Å². The van der Waals surface area contributed by atoms with Crippen molar-refractivity contribution in [2.75, 3.05) is 11.5 Å². The Morgan fingerprint density at radius 1 is 1.31 bits per heavy atom. The van der Waals surface area contributed by atoms with Crippen molar-refractivity contribution in [3.05, 3.63) is 34.3 Å².